The van der Waals surface area contributed by atoms with Crippen LogP contribution in [0.4, 0.5) is 4.79 Å². The number of nitrogens with zero attached hydrogens (tertiary/aromatic N) is 2. The number of primary amides is 1. The van der Waals surface area contributed by atoms with Crippen molar-refractivity contribution in [3.8, 4) is 6.07 Å². The van der Waals surface area contributed by atoms with Crippen molar-refractivity contribution in [3.63, 3.8) is 0 Å². The number of carbonyl (C=O) groups is 1. The lowest BCUT2D eigenvalue weighted by Gasteiger charge is -2.32. The minimum atomic E-state index is -0.543. The highest BCUT2D eigenvalue weighted by Gasteiger charge is 2.33. The first-order valence-electron chi connectivity index (χ1n) is 3.99. The molecule has 0 aliphatic carbocycles. The van der Waals surface area contributed by atoms with Gasteiger partial charge >= 0.3 is 6.03 Å². The molecule has 0 bridgehead atoms. The fourth-order valence-corrected chi connectivity index (χ4v) is 1.53. The maximum Gasteiger partial charge on any atom is 0.315 e. The Morgan fingerprint density at radius 1 is 1.77 bits per heavy atom. The highest BCUT2D eigenvalue weighted by atomic mass is 127. The second-order valence-corrected chi connectivity index (χ2v) is 6.00. The van der Waals surface area contributed by atoms with Crippen LogP contribution in [0.3, 0.4) is 0 Å². The van der Waals surface area contributed by atoms with E-state index in [-0.39, 0.29) is 3.42 Å². The fourth-order valence-electron chi connectivity index (χ4n) is 1.06. The molecule has 5 heteroatoms. The molecule has 0 aromatic rings. The zero-order chi connectivity index (χ0) is 10.6. The van der Waals surface area contributed by atoms with E-state index in [1.807, 2.05) is 13.8 Å². The Hall–Kier alpha value is -0.510. The normalized spacial score (nSPS) is 13.2. The quantitative estimate of drug-likeness (QED) is 0.633. The number of halogens is 1. The second-order valence-electron chi connectivity index (χ2n) is 3.22. The number of alkyl halides is 1. The zero-order valence-corrected chi connectivity index (χ0v) is 10.2. The van der Waals surface area contributed by atoms with Crippen molar-refractivity contribution in [2.45, 2.75) is 30.2 Å². The smallest absolute Gasteiger partial charge is 0.315 e. The monoisotopic (exact) mass is 295 g/mol. The summed E-state index contributed by atoms with van der Waals surface area (Å²) in [6, 6.07) is 1.07. The third kappa shape index (κ3) is 3.38. The molecule has 4 nitrogen and oxygen atoms in total. The van der Waals surface area contributed by atoms with Crippen LogP contribution in [0.25, 0.3) is 0 Å². The molecule has 0 saturated heterocycles. The van der Waals surface area contributed by atoms with Crippen LogP contribution in [0, 0.1) is 11.3 Å². The van der Waals surface area contributed by atoms with Crippen LogP contribution in [0.2, 0.25) is 0 Å². The van der Waals surface area contributed by atoms with Crippen LogP contribution in [-0.2, 0) is 0 Å². The average molecular weight is 295 g/mol. The van der Waals surface area contributed by atoms with E-state index in [1.54, 1.807) is 6.92 Å². The molecule has 2 N–H and O–H groups in total. The molecule has 0 spiro atoms. The highest BCUT2D eigenvalue weighted by Crippen LogP contribution is 2.25. The molecule has 1 unspecified atom stereocenters. The number of nitrogens with two attached hydrogens (primary N) is 1. The molecular formula is C8H14IN3O. The van der Waals surface area contributed by atoms with Crippen molar-refractivity contribution in [1.82, 2.24) is 4.90 Å². The Kier molecular flexibility index (Phi) is 4.47. The van der Waals surface area contributed by atoms with E-state index in [4.69, 9.17) is 11.0 Å². The largest absolute Gasteiger partial charge is 0.351 e. The van der Waals surface area contributed by atoms with Gasteiger partial charge in [-0.3, -0.25) is 0 Å². The molecule has 0 aromatic carbocycles. The number of rotatable bonds is 3. The molecule has 0 radical (unpaired) electrons. The number of carbonyl (C=O) groups excluding carboxylic acids is 1. The maximum atomic E-state index is 11.0. The topological polar surface area (TPSA) is 70.1 Å². The Balaban J connectivity index is 4.77. The third-order valence-electron chi connectivity index (χ3n) is 1.71. The molecule has 0 saturated carbocycles. The minimum Gasteiger partial charge on any atom is -0.351 e. The summed E-state index contributed by atoms with van der Waals surface area (Å²) in [4.78, 5) is 12.3. The van der Waals surface area contributed by atoms with E-state index in [0.29, 0.717) is 6.54 Å². The minimum absolute atomic E-state index is 0.294. The standard InChI is InChI=1S/C8H14IN3O/c1-4-12(7(11)13)6(5-10)8(2,3)9/h6H,4H2,1-3H3,(H2,11,13). The molecular weight excluding hydrogens is 281 g/mol. The van der Waals surface area contributed by atoms with E-state index in [0.717, 1.165) is 0 Å². The Labute approximate surface area is 92.2 Å². The van der Waals surface area contributed by atoms with Crippen LogP contribution in [0.1, 0.15) is 20.8 Å². The van der Waals surface area contributed by atoms with Gasteiger partial charge in [0.05, 0.1) is 9.49 Å². The van der Waals surface area contributed by atoms with Crippen LogP contribution in [0.15, 0.2) is 0 Å². The molecule has 74 valence electrons. The first-order chi connectivity index (χ1) is 5.84. The summed E-state index contributed by atoms with van der Waals surface area (Å²) in [6.45, 7) is 6.05. The predicted octanol–water partition coefficient (Wildman–Crippen LogP) is 1.49. The summed E-state index contributed by atoms with van der Waals surface area (Å²) in [6.07, 6.45) is 0. The molecule has 0 aliphatic heterocycles. The summed E-state index contributed by atoms with van der Waals surface area (Å²) in [5, 5.41) is 8.91. The van der Waals surface area contributed by atoms with Crippen molar-refractivity contribution in [2.75, 3.05) is 6.54 Å². The van der Waals surface area contributed by atoms with Gasteiger partial charge in [0.15, 0.2) is 0 Å². The van der Waals surface area contributed by atoms with Gasteiger partial charge in [0.2, 0.25) is 0 Å². The summed E-state index contributed by atoms with van der Waals surface area (Å²) < 4.78 is -0.294. The lowest BCUT2D eigenvalue weighted by Crippen LogP contribution is -2.50. The first kappa shape index (κ1) is 12.5. The van der Waals surface area contributed by atoms with Crippen molar-refractivity contribution in [1.29, 1.82) is 5.26 Å². The lowest BCUT2D eigenvalue weighted by atomic mass is 10.0. The van der Waals surface area contributed by atoms with Crippen LogP contribution < -0.4 is 5.73 Å². The van der Waals surface area contributed by atoms with Gasteiger partial charge < -0.3 is 10.6 Å². The van der Waals surface area contributed by atoms with Gasteiger partial charge in [-0.05, 0) is 20.8 Å². The molecule has 0 fully saturated rings. The van der Waals surface area contributed by atoms with E-state index >= 15 is 0 Å². The van der Waals surface area contributed by atoms with E-state index in [2.05, 4.69) is 28.7 Å². The summed E-state index contributed by atoms with van der Waals surface area (Å²) in [5.41, 5.74) is 5.15. The third-order valence-corrected chi connectivity index (χ3v) is 2.30. The summed E-state index contributed by atoms with van der Waals surface area (Å²) >= 11 is 2.14. The van der Waals surface area contributed by atoms with Crippen molar-refractivity contribution < 1.29 is 4.79 Å². The lowest BCUT2D eigenvalue weighted by molar-refractivity contribution is 0.194. The highest BCUT2D eigenvalue weighted by molar-refractivity contribution is 14.1. The molecule has 13 heavy (non-hydrogen) atoms. The van der Waals surface area contributed by atoms with Crippen molar-refractivity contribution >= 4 is 28.6 Å². The van der Waals surface area contributed by atoms with Crippen molar-refractivity contribution in [3.05, 3.63) is 0 Å². The number of hydrogen-bond acceptors (Lipinski definition) is 2. The number of urea groups is 1. The van der Waals surface area contributed by atoms with Crippen LogP contribution in [-0.4, -0.2) is 26.9 Å². The Bertz CT molecular complexity index is 229. The Morgan fingerprint density at radius 2 is 2.23 bits per heavy atom. The maximum absolute atomic E-state index is 11.0. The van der Waals surface area contributed by atoms with Gasteiger partial charge in [-0.25, -0.2) is 4.79 Å². The second kappa shape index (κ2) is 4.65. The Morgan fingerprint density at radius 3 is 2.31 bits per heavy atom. The SMILES string of the molecule is CCN(C(N)=O)C(C#N)C(C)(C)I. The molecule has 0 aromatic heterocycles. The first-order valence-corrected chi connectivity index (χ1v) is 5.07. The van der Waals surface area contributed by atoms with E-state index in [9.17, 15) is 4.79 Å². The zero-order valence-electron chi connectivity index (χ0n) is 8.04. The van der Waals surface area contributed by atoms with E-state index in [1.165, 1.54) is 4.90 Å². The molecule has 1 atom stereocenters. The van der Waals surface area contributed by atoms with Gasteiger partial charge in [0.1, 0.15) is 6.04 Å². The molecule has 0 rings (SSSR count). The summed E-state index contributed by atoms with van der Waals surface area (Å²) in [7, 11) is 0. The van der Waals surface area contributed by atoms with E-state index < -0.39 is 12.1 Å². The van der Waals surface area contributed by atoms with Gasteiger partial charge in [-0.2, -0.15) is 5.26 Å². The van der Waals surface area contributed by atoms with Crippen LogP contribution in [0.5, 0.6) is 0 Å². The summed E-state index contributed by atoms with van der Waals surface area (Å²) in [5.74, 6) is 0. The molecule has 0 aliphatic rings. The molecule has 0 heterocycles. The van der Waals surface area contributed by atoms with Crippen molar-refractivity contribution in [2.24, 2.45) is 5.73 Å². The number of nitriles is 1. The van der Waals surface area contributed by atoms with Gasteiger partial charge in [-0.15, -0.1) is 0 Å². The molecule has 2 amide bonds. The van der Waals surface area contributed by atoms with Gasteiger partial charge in [0, 0.05) is 6.54 Å². The number of amides is 2. The van der Waals surface area contributed by atoms with Gasteiger partial charge in [-0.1, -0.05) is 22.6 Å². The fraction of sp³-hybridized carbons (Fsp3) is 0.750. The predicted molar refractivity (Wildman–Crippen MR) is 59.5 cm³/mol. The number of hydrogen-bond donors (Lipinski definition) is 1. The van der Waals surface area contributed by atoms with Crippen LogP contribution >= 0.6 is 22.6 Å². The van der Waals surface area contributed by atoms with Gasteiger partial charge in [0.25, 0.3) is 0 Å². The average Bonchev–Trinajstić information content (AvgIpc) is 1.96.